The summed E-state index contributed by atoms with van der Waals surface area (Å²) in [7, 11) is 0. The molecule has 1 saturated carbocycles. The van der Waals surface area contributed by atoms with Gasteiger partial charge in [0, 0.05) is 12.1 Å². The van der Waals surface area contributed by atoms with Crippen LogP contribution in [0.25, 0.3) is 0 Å². The number of carbonyl (C=O) groups excluding carboxylic acids is 1. The lowest BCUT2D eigenvalue weighted by molar-refractivity contribution is -0.138. The maximum absolute atomic E-state index is 12.9. The van der Waals surface area contributed by atoms with Crippen molar-refractivity contribution in [2.45, 2.75) is 37.3 Å². The van der Waals surface area contributed by atoms with Gasteiger partial charge in [0.1, 0.15) is 0 Å². The fourth-order valence-corrected chi connectivity index (χ4v) is 3.02. The van der Waals surface area contributed by atoms with E-state index in [1.54, 1.807) is 30.3 Å². The Labute approximate surface area is 154 Å². The average molecular weight is 377 g/mol. The summed E-state index contributed by atoms with van der Waals surface area (Å²) >= 11 is 0. The normalized spacial score (nSPS) is 15.2. The van der Waals surface area contributed by atoms with Gasteiger partial charge in [-0.3, -0.25) is 9.59 Å². The number of alkyl halides is 3. The quantitative estimate of drug-likeness (QED) is 0.785. The lowest BCUT2D eigenvalue weighted by atomic mass is 9.93. The molecule has 27 heavy (non-hydrogen) atoms. The molecule has 2 aromatic carbocycles. The third-order valence-corrected chi connectivity index (χ3v) is 4.77. The first-order chi connectivity index (χ1) is 12.7. The zero-order chi connectivity index (χ0) is 19.7. The monoisotopic (exact) mass is 377 g/mol. The van der Waals surface area contributed by atoms with Crippen LogP contribution in [0.15, 0.2) is 48.5 Å². The second-order valence-electron chi connectivity index (χ2n) is 6.71. The SMILES string of the molecule is O=C(O)CCc1ccc(NC(=O)C2(c3cccc(C(F)(F)F)c3)CC2)cc1. The number of amides is 1. The van der Waals surface area contributed by atoms with E-state index in [0.717, 1.165) is 17.7 Å². The van der Waals surface area contributed by atoms with E-state index in [2.05, 4.69) is 5.32 Å². The van der Waals surface area contributed by atoms with Crippen LogP contribution in [0.5, 0.6) is 0 Å². The molecule has 0 aliphatic heterocycles. The second kappa shape index (κ2) is 7.06. The van der Waals surface area contributed by atoms with Gasteiger partial charge in [-0.25, -0.2) is 0 Å². The van der Waals surface area contributed by atoms with E-state index >= 15 is 0 Å². The number of carboxylic acids is 1. The number of aryl methyl sites for hydroxylation is 1. The average Bonchev–Trinajstić information content (AvgIpc) is 3.42. The van der Waals surface area contributed by atoms with E-state index in [0.29, 0.717) is 30.5 Å². The molecule has 0 bridgehead atoms. The van der Waals surface area contributed by atoms with Gasteiger partial charge in [-0.1, -0.05) is 30.3 Å². The molecule has 3 rings (SSSR count). The van der Waals surface area contributed by atoms with Gasteiger partial charge in [0.15, 0.2) is 0 Å². The molecule has 142 valence electrons. The molecule has 2 N–H and O–H groups in total. The van der Waals surface area contributed by atoms with Gasteiger partial charge in [0.25, 0.3) is 0 Å². The Hall–Kier alpha value is -2.83. The van der Waals surface area contributed by atoms with Crippen molar-refractivity contribution in [1.82, 2.24) is 0 Å². The molecule has 7 heteroatoms. The summed E-state index contributed by atoms with van der Waals surface area (Å²) in [5.41, 5.74) is 0.0324. The van der Waals surface area contributed by atoms with E-state index in [4.69, 9.17) is 5.11 Å². The number of benzene rings is 2. The summed E-state index contributed by atoms with van der Waals surface area (Å²) in [5, 5.41) is 11.5. The lowest BCUT2D eigenvalue weighted by Crippen LogP contribution is -2.28. The van der Waals surface area contributed by atoms with E-state index in [1.807, 2.05) is 0 Å². The number of rotatable bonds is 6. The summed E-state index contributed by atoms with van der Waals surface area (Å²) in [6.07, 6.45) is -3.05. The zero-order valence-electron chi connectivity index (χ0n) is 14.3. The van der Waals surface area contributed by atoms with E-state index in [9.17, 15) is 22.8 Å². The molecule has 0 heterocycles. The first-order valence-corrected chi connectivity index (χ1v) is 8.51. The van der Waals surface area contributed by atoms with Crippen molar-refractivity contribution in [3.63, 3.8) is 0 Å². The van der Waals surface area contributed by atoms with Crippen molar-refractivity contribution in [3.8, 4) is 0 Å². The maximum atomic E-state index is 12.9. The number of nitrogens with one attached hydrogen (secondary N) is 1. The number of carboxylic acid groups (broad SMARTS) is 1. The molecule has 1 amide bonds. The largest absolute Gasteiger partial charge is 0.481 e. The van der Waals surface area contributed by atoms with Crippen LogP contribution in [-0.2, 0) is 27.6 Å². The molecule has 1 aliphatic rings. The Morgan fingerprint density at radius 3 is 2.30 bits per heavy atom. The molecule has 0 unspecified atom stereocenters. The summed E-state index contributed by atoms with van der Waals surface area (Å²) in [5.74, 6) is -1.22. The summed E-state index contributed by atoms with van der Waals surface area (Å²) in [4.78, 5) is 23.3. The number of halogens is 3. The molecule has 0 aromatic heterocycles. The van der Waals surface area contributed by atoms with E-state index in [1.165, 1.54) is 6.07 Å². The fourth-order valence-electron chi connectivity index (χ4n) is 3.02. The number of carbonyl (C=O) groups is 2. The first-order valence-electron chi connectivity index (χ1n) is 8.51. The molecule has 0 radical (unpaired) electrons. The number of anilines is 1. The van der Waals surface area contributed by atoms with E-state index < -0.39 is 23.1 Å². The van der Waals surface area contributed by atoms with E-state index in [-0.39, 0.29) is 12.3 Å². The minimum absolute atomic E-state index is 0.0182. The highest BCUT2D eigenvalue weighted by molar-refractivity contribution is 6.01. The van der Waals surface area contributed by atoms with Gasteiger partial charge >= 0.3 is 12.1 Å². The molecular weight excluding hydrogens is 359 g/mol. The van der Waals surface area contributed by atoms with Crippen LogP contribution in [0.2, 0.25) is 0 Å². The van der Waals surface area contributed by atoms with Crippen molar-refractivity contribution < 1.29 is 27.9 Å². The highest BCUT2D eigenvalue weighted by Crippen LogP contribution is 2.49. The fraction of sp³-hybridized carbons (Fsp3) is 0.300. The maximum Gasteiger partial charge on any atom is 0.416 e. The predicted octanol–water partition coefficient (Wildman–Crippen LogP) is 4.39. The van der Waals surface area contributed by atoms with Crippen LogP contribution >= 0.6 is 0 Å². The number of hydrogen-bond donors (Lipinski definition) is 2. The molecule has 1 fully saturated rings. The molecule has 0 atom stereocenters. The van der Waals surface area contributed by atoms with Crippen molar-refractivity contribution in [2.24, 2.45) is 0 Å². The van der Waals surface area contributed by atoms with Gasteiger partial charge in [0.2, 0.25) is 5.91 Å². The van der Waals surface area contributed by atoms with Gasteiger partial charge in [-0.05, 0) is 48.6 Å². The Morgan fingerprint density at radius 2 is 1.74 bits per heavy atom. The molecule has 0 spiro atoms. The molecular formula is C20H18F3NO3. The van der Waals surface area contributed by atoms with Crippen LogP contribution in [0.1, 0.15) is 36.0 Å². The Morgan fingerprint density at radius 1 is 1.07 bits per heavy atom. The lowest BCUT2D eigenvalue weighted by Gasteiger charge is -2.17. The van der Waals surface area contributed by atoms with Crippen LogP contribution in [0.3, 0.4) is 0 Å². The predicted molar refractivity (Wildman–Crippen MR) is 93.4 cm³/mol. The Bertz CT molecular complexity index is 856. The first kappa shape index (κ1) is 18.9. The van der Waals surface area contributed by atoms with Crippen molar-refractivity contribution in [2.75, 3.05) is 5.32 Å². The van der Waals surface area contributed by atoms with Crippen LogP contribution in [-0.4, -0.2) is 17.0 Å². The Balaban J connectivity index is 1.72. The van der Waals surface area contributed by atoms with Gasteiger partial charge in [-0.15, -0.1) is 0 Å². The van der Waals surface area contributed by atoms with Gasteiger partial charge < -0.3 is 10.4 Å². The number of aliphatic carboxylic acids is 1. The van der Waals surface area contributed by atoms with Gasteiger partial charge in [-0.2, -0.15) is 13.2 Å². The minimum atomic E-state index is -4.45. The molecule has 0 saturated heterocycles. The zero-order valence-corrected chi connectivity index (χ0v) is 14.3. The van der Waals surface area contributed by atoms with Crippen molar-refractivity contribution >= 4 is 17.6 Å². The highest BCUT2D eigenvalue weighted by atomic mass is 19.4. The van der Waals surface area contributed by atoms with Crippen molar-refractivity contribution in [3.05, 3.63) is 65.2 Å². The third-order valence-electron chi connectivity index (χ3n) is 4.77. The van der Waals surface area contributed by atoms with Crippen LogP contribution < -0.4 is 5.32 Å². The summed E-state index contributed by atoms with van der Waals surface area (Å²) in [6, 6.07) is 11.7. The van der Waals surface area contributed by atoms with Gasteiger partial charge in [0.05, 0.1) is 11.0 Å². The summed E-state index contributed by atoms with van der Waals surface area (Å²) < 4.78 is 38.8. The topological polar surface area (TPSA) is 66.4 Å². The van der Waals surface area contributed by atoms with Crippen LogP contribution in [0, 0.1) is 0 Å². The third kappa shape index (κ3) is 4.30. The number of hydrogen-bond acceptors (Lipinski definition) is 2. The molecule has 1 aliphatic carbocycles. The van der Waals surface area contributed by atoms with Crippen LogP contribution in [0.4, 0.5) is 18.9 Å². The smallest absolute Gasteiger partial charge is 0.416 e. The second-order valence-corrected chi connectivity index (χ2v) is 6.71. The standard InChI is InChI=1S/C20H18F3NO3/c21-20(22,23)15-3-1-2-14(12-15)19(10-11-19)18(27)24-16-7-4-13(5-8-16)6-9-17(25)26/h1-5,7-8,12H,6,9-11H2,(H,24,27)(H,25,26). The minimum Gasteiger partial charge on any atom is -0.481 e. The summed E-state index contributed by atoms with van der Waals surface area (Å²) in [6.45, 7) is 0. The Kier molecular flexibility index (Phi) is 4.95. The molecule has 2 aromatic rings. The molecule has 4 nitrogen and oxygen atoms in total. The highest BCUT2D eigenvalue weighted by Gasteiger charge is 2.51. The van der Waals surface area contributed by atoms with Crippen molar-refractivity contribution in [1.29, 1.82) is 0 Å².